The molecule has 0 radical (unpaired) electrons. The molecule has 75 heavy (non-hydrogen) atoms. The number of likely N-dealkylation sites (N-methyl/N-ethyl adjacent to an activating group) is 5. The van der Waals surface area contributed by atoms with Crippen molar-refractivity contribution in [2.75, 3.05) is 160 Å². The molecule has 5 aliphatic rings. The lowest BCUT2D eigenvalue weighted by molar-refractivity contribution is -0.128. The molecule has 4 heterocycles. The number of nitrogens with one attached hydrogen (secondary N) is 7. The van der Waals surface area contributed by atoms with Gasteiger partial charge in [-0.3, -0.25) is 38.8 Å². The van der Waals surface area contributed by atoms with Gasteiger partial charge in [-0.25, -0.2) is 0 Å². The Balaban J connectivity index is 0.000000474. The van der Waals surface area contributed by atoms with Gasteiger partial charge in [-0.2, -0.15) is 0 Å². The minimum atomic E-state index is 0.0103. The highest BCUT2D eigenvalue weighted by Gasteiger charge is 2.29. The van der Waals surface area contributed by atoms with E-state index in [1.807, 2.05) is 69.5 Å². The highest BCUT2D eigenvalue weighted by molar-refractivity contribution is 5.82. The Morgan fingerprint density at radius 1 is 0.613 bits per heavy atom. The van der Waals surface area contributed by atoms with E-state index < -0.39 is 0 Å². The van der Waals surface area contributed by atoms with Crippen molar-refractivity contribution in [2.45, 2.75) is 176 Å². The molecule has 0 spiro atoms. The van der Waals surface area contributed by atoms with Gasteiger partial charge in [0.1, 0.15) is 6.04 Å². The van der Waals surface area contributed by atoms with Gasteiger partial charge < -0.3 is 51.9 Å². The van der Waals surface area contributed by atoms with E-state index >= 15 is 0 Å². The Morgan fingerprint density at radius 2 is 1.20 bits per heavy atom. The summed E-state index contributed by atoms with van der Waals surface area (Å²) in [5.74, 6) is 1.82. The van der Waals surface area contributed by atoms with E-state index in [2.05, 4.69) is 114 Å². The molecule has 442 valence electrons. The summed E-state index contributed by atoms with van der Waals surface area (Å²) in [6.07, 6.45) is 12.2. The number of carbonyl (C=O) groups excluding carboxylic acids is 4. The number of hydrogen-bond donors (Lipinski definition) is 7. The lowest BCUT2D eigenvalue weighted by atomic mass is 9.86. The van der Waals surface area contributed by atoms with Gasteiger partial charge in [-0.1, -0.05) is 46.0 Å². The first kappa shape index (κ1) is 70.5. The molecule has 4 aliphatic heterocycles. The third-order valence-electron chi connectivity index (χ3n) is 14.2. The molecule has 18 nitrogen and oxygen atoms in total. The van der Waals surface area contributed by atoms with Crippen LogP contribution in [0.4, 0.5) is 0 Å². The van der Waals surface area contributed by atoms with Crippen molar-refractivity contribution in [3.63, 3.8) is 0 Å². The van der Waals surface area contributed by atoms with Crippen molar-refractivity contribution in [2.24, 2.45) is 11.8 Å². The van der Waals surface area contributed by atoms with Crippen LogP contribution in [0.15, 0.2) is 0 Å². The summed E-state index contributed by atoms with van der Waals surface area (Å²) >= 11 is 0. The van der Waals surface area contributed by atoms with Crippen LogP contribution in [0.2, 0.25) is 0 Å². The Morgan fingerprint density at radius 3 is 1.76 bits per heavy atom. The predicted molar refractivity (Wildman–Crippen MR) is 314 cm³/mol. The number of piperidine rings is 1. The molecule has 18 heteroatoms. The van der Waals surface area contributed by atoms with Crippen LogP contribution in [0.25, 0.3) is 0 Å². The summed E-state index contributed by atoms with van der Waals surface area (Å²) in [6, 6.07) is 2.24. The first-order chi connectivity index (χ1) is 35.5. The third kappa shape index (κ3) is 36.3. The van der Waals surface area contributed by atoms with Gasteiger partial charge in [0.15, 0.2) is 0 Å². The highest BCUT2D eigenvalue weighted by atomic mass is 16.2. The summed E-state index contributed by atoms with van der Waals surface area (Å²) in [4.78, 5) is 62.4. The first-order valence-corrected chi connectivity index (χ1v) is 29.7. The number of piperazine rings is 3. The Bertz CT molecular complexity index is 1470. The second-order valence-electron chi connectivity index (χ2n) is 24.0. The molecule has 7 N–H and O–H groups in total. The highest BCUT2D eigenvalue weighted by Crippen LogP contribution is 2.27. The van der Waals surface area contributed by atoms with Crippen LogP contribution in [-0.2, 0) is 19.2 Å². The van der Waals surface area contributed by atoms with Gasteiger partial charge in [0.25, 0.3) is 0 Å². The second kappa shape index (κ2) is 41.5. The van der Waals surface area contributed by atoms with E-state index in [1.54, 1.807) is 0 Å². The lowest BCUT2D eigenvalue weighted by Crippen LogP contribution is -2.58. The molecular weight excluding hydrogens is 945 g/mol. The van der Waals surface area contributed by atoms with E-state index in [1.165, 1.54) is 64.7 Å². The zero-order valence-electron chi connectivity index (χ0n) is 51.3. The van der Waals surface area contributed by atoms with Crippen LogP contribution in [0.5, 0.6) is 0 Å². The van der Waals surface area contributed by atoms with Gasteiger partial charge in [0.2, 0.25) is 23.6 Å². The van der Waals surface area contributed by atoms with E-state index in [0.717, 1.165) is 110 Å². The monoisotopic (exact) mass is 1060 g/mol. The zero-order chi connectivity index (χ0) is 56.3. The van der Waals surface area contributed by atoms with E-state index in [4.69, 9.17) is 0 Å². The van der Waals surface area contributed by atoms with Gasteiger partial charge in [0, 0.05) is 147 Å². The fraction of sp³-hybridized carbons (Fsp3) is 0.930. The number of hydrogen-bond acceptors (Lipinski definition) is 14. The van der Waals surface area contributed by atoms with Crippen molar-refractivity contribution < 1.29 is 19.2 Å². The number of carbonyl (C=O) groups is 4. The van der Waals surface area contributed by atoms with Crippen LogP contribution < -0.4 is 37.2 Å². The number of amides is 4. The Kier molecular flexibility index (Phi) is 39.0. The summed E-state index contributed by atoms with van der Waals surface area (Å²) in [5, 5.41) is 21.8. The molecule has 1 saturated carbocycles. The Hall–Kier alpha value is -2.52. The average molecular weight is 1070 g/mol. The van der Waals surface area contributed by atoms with Gasteiger partial charge in [-0.05, 0) is 136 Å². The smallest absolute Gasteiger partial charge is 0.238 e. The Labute approximate surface area is 460 Å². The van der Waals surface area contributed by atoms with Crippen molar-refractivity contribution in [3.05, 3.63) is 0 Å². The molecule has 3 atom stereocenters. The number of rotatable bonds is 21. The van der Waals surface area contributed by atoms with Gasteiger partial charge >= 0.3 is 0 Å². The molecule has 4 saturated heterocycles. The largest absolute Gasteiger partial charge is 0.354 e. The van der Waals surface area contributed by atoms with Crippen molar-refractivity contribution in [1.82, 2.24) is 71.5 Å². The molecule has 0 aromatic heterocycles. The van der Waals surface area contributed by atoms with Crippen LogP contribution >= 0.6 is 0 Å². The van der Waals surface area contributed by atoms with E-state index in [-0.39, 0.29) is 59.8 Å². The fourth-order valence-electron chi connectivity index (χ4n) is 9.77. The molecule has 3 unspecified atom stereocenters. The molecule has 0 bridgehead atoms. The molecule has 0 aromatic carbocycles. The maximum Gasteiger partial charge on any atom is 0.238 e. The number of nitrogens with zero attached hydrogens (tertiary/aromatic N) is 7. The normalized spacial score (nSPS) is 21.8. The summed E-state index contributed by atoms with van der Waals surface area (Å²) in [7, 11) is 12.5. The molecule has 4 amide bonds. The standard InChI is InChI=1S/C15H35N5.C13H25NO.2C10H21N3O.C9H18N2O/c1-14(2)17-12-15-13-19(7-6-16-3)9-11-20(15)10-8-18(4)5;1-11(2)14-13(15)10-6-9-12-7-4-3-5-8-12;1-8(2)11-10(14)9-7-12(3)5-6-13(9)4;1-9(2)11-10(14)8-13-6-4-12(3)5-7-13;1-7(2)11-9(12)8-4-3-5-10-6-8/h14-17H,6-13H2,1-5H3;11-12H,3-10H2,1-2H3,(H,14,15);8-9H,5-7H2,1-4H3,(H,11,14);9H,4-8H2,1-3H3,(H,11,14);7-8,10H,3-6H2,1-2H3,(H,11,12). The molecule has 1 aliphatic carbocycles. The van der Waals surface area contributed by atoms with E-state index in [9.17, 15) is 19.2 Å². The zero-order valence-corrected chi connectivity index (χ0v) is 51.3. The predicted octanol–water partition coefficient (Wildman–Crippen LogP) is 3.04. The van der Waals surface area contributed by atoms with Crippen LogP contribution in [-0.4, -0.2) is 260 Å². The van der Waals surface area contributed by atoms with Crippen molar-refractivity contribution in [1.29, 1.82) is 0 Å². The van der Waals surface area contributed by atoms with E-state index in [0.29, 0.717) is 25.0 Å². The first-order valence-electron chi connectivity index (χ1n) is 29.7. The maximum atomic E-state index is 11.8. The van der Waals surface area contributed by atoms with Crippen molar-refractivity contribution in [3.8, 4) is 0 Å². The second-order valence-corrected chi connectivity index (χ2v) is 24.0. The average Bonchev–Trinajstić information content (AvgIpc) is 3.34. The third-order valence-corrected chi connectivity index (χ3v) is 14.2. The minimum Gasteiger partial charge on any atom is -0.354 e. The summed E-state index contributed by atoms with van der Waals surface area (Å²) < 4.78 is 0. The molecular formula is C57H120N14O4. The fourth-order valence-corrected chi connectivity index (χ4v) is 9.77. The molecule has 5 fully saturated rings. The van der Waals surface area contributed by atoms with Crippen molar-refractivity contribution >= 4 is 23.6 Å². The van der Waals surface area contributed by atoms with Crippen LogP contribution in [0.1, 0.15) is 133 Å². The summed E-state index contributed by atoms with van der Waals surface area (Å²) in [5.41, 5.74) is 0. The lowest BCUT2D eigenvalue weighted by Gasteiger charge is -2.42. The van der Waals surface area contributed by atoms with Gasteiger partial charge in [0.05, 0.1) is 12.5 Å². The SMILES string of the molecule is CC(C)NC(=O)C1CCCNC1.CC(C)NC(=O)C1CN(C)CCN1C.CC(C)NC(=O)CCCC1CCCCC1.CC(C)NC(=O)CN1CCN(C)CC1.CNCCN1CCN(CCN(C)C)C(CNC(C)C)C1. The molecule has 5 rings (SSSR count). The van der Waals surface area contributed by atoms with Crippen LogP contribution in [0.3, 0.4) is 0 Å². The van der Waals surface area contributed by atoms with Gasteiger partial charge in [-0.15, -0.1) is 0 Å². The molecule has 0 aromatic rings. The topological polar surface area (TPSA) is 175 Å². The maximum absolute atomic E-state index is 11.8. The summed E-state index contributed by atoms with van der Waals surface area (Å²) in [6.45, 7) is 39.1. The van der Waals surface area contributed by atoms with Crippen LogP contribution in [0, 0.1) is 11.8 Å². The quantitative estimate of drug-likeness (QED) is 0.0895. The minimum absolute atomic E-state index is 0.0103.